The number of amidine groups is 1. The normalized spacial score (nSPS) is 19.0. The molecule has 8 nitrogen and oxygen atoms in total. The molecule has 1 aromatic heterocycles. The van der Waals surface area contributed by atoms with Crippen LogP contribution in [-0.2, 0) is 10.3 Å². The van der Waals surface area contributed by atoms with E-state index >= 15 is 0 Å². The summed E-state index contributed by atoms with van der Waals surface area (Å²) >= 11 is 0. The number of nitrogens with one attached hydrogen (secondary N) is 1. The fourth-order valence-corrected chi connectivity index (χ4v) is 2.74. The molecule has 0 saturated carbocycles. The number of alkyl halides is 2. The monoisotopic (exact) mass is 395 g/mol. The van der Waals surface area contributed by atoms with E-state index in [4.69, 9.17) is 15.2 Å². The van der Waals surface area contributed by atoms with Gasteiger partial charge in [0.25, 0.3) is 18.4 Å². The Morgan fingerprint density at radius 2 is 2.14 bits per heavy atom. The van der Waals surface area contributed by atoms with Crippen LogP contribution in [0.1, 0.15) is 22.5 Å². The van der Waals surface area contributed by atoms with Gasteiger partial charge in [0.05, 0.1) is 26.1 Å². The van der Waals surface area contributed by atoms with Crippen LogP contribution >= 0.6 is 0 Å². The van der Waals surface area contributed by atoms with Gasteiger partial charge in [0.15, 0.2) is 5.54 Å². The second-order valence-electron chi connectivity index (χ2n) is 5.87. The fourth-order valence-electron chi connectivity index (χ4n) is 2.74. The van der Waals surface area contributed by atoms with Crippen LogP contribution in [0.5, 0.6) is 5.88 Å². The summed E-state index contributed by atoms with van der Waals surface area (Å²) in [7, 11) is 1.40. The first-order valence-electron chi connectivity index (χ1n) is 8.09. The Hall–Kier alpha value is -3.37. The molecule has 0 saturated heterocycles. The Labute approximate surface area is 157 Å². The van der Waals surface area contributed by atoms with E-state index in [0.29, 0.717) is 0 Å². The Kier molecular flexibility index (Phi) is 5.34. The van der Waals surface area contributed by atoms with Gasteiger partial charge in [-0.2, -0.15) is 0 Å². The number of methoxy groups -OCH3 is 1. The van der Waals surface area contributed by atoms with Gasteiger partial charge in [-0.3, -0.25) is 4.79 Å². The van der Waals surface area contributed by atoms with Crippen molar-refractivity contribution in [1.29, 1.82) is 0 Å². The Bertz CT molecular complexity index is 907. The Morgan fingerprint density at radius 1 is 1.36 bits per heavy atom. The molecule has 2 heterocycles. The molecule has 1 aromatic carbocycles. The SMILES string of the molecule is COc1cnc(C(=O)Nc2ccc(F)c([C@]3(C(F)F)CCOC(N)=N3)c2)cn1. The zero-order valence-corrected chi connectivity index (χ0v) is 14.7. The van der Waals surface area contributed by atoms with Gasteiger partial charge in [0.2, 0.25) is 5.88 Å². The van der Waals surface area contributed by atoms with Crippen LogP contribution in [0.2, 0.25) is 0 Å². The summed E-state index contributed by atoms with van der Waals surface area (Å²) in [6, 6.07) is 2.85. The number of aromatic nitrogens is 2. The molecule has 1 atom stereocenters. The van der Waals surface area contributed by atoms with E-state index in [0.717, 1.165) is 12.1 Å². The minimum atomic E-state index is -3.04. The number of nitrogens with zero attached hydrogens (tertiary/aromatic N) is 3. The van der Waals surface area contributed by atoms with Gasteiger partial charge in [0.1, 0.15) is 11.5 Å². The molecule has 1 aliphatic heterocycles. The number of carbonyl (C=O) groups excluding carboxylic acids is 1. The largest absolute Gasteiger partial charge is 0.480 e. The van der Waals surface area contributed by atoms with Crippen molar-refractivity contribution in [2.45, 2.75) is 18.4 Å². The molecule has 0 fully saturated rings. The molecular weight excluding hydrogens is 379 g/mol. The molecule has 11 heteroatoms. The number of nitrogens with two attached hydrogens (primary N) is 1. The van der Waals surface area contributed by atoms with Crippen LogP contribution in [0.4, 0.5) is 18.9 Å². The van der Waals surface area contributed by atoms with Crippen LogP contribution in [0, 0.1) is 5.82 Å². The smallest absolute Gasteiger partial charge is 0.283 e. The van der Waals surface area contributed by atoms with Gasteiger partial charge in [-0.05, 0) is 18.2 Å². The number of anilines is 1. The van der Waals surface area contributed by atoms with Gasteiger partial charge >= 0.3 is 0 Å². The predicted molar refractivity (Wildman–Crippen MR) is 92.8 cm³/mol. The number of benzene rings is 1. The number of amides is 1. The number of hydrogen-bond acceptors (Lipinski definition) is 7. The number of ether oxygens (including phenoxy) is 2. The minimum absolute atomic E-state index is 0.0384. The van der Waals surface area contributed by atoms with Crippen molar-refractivity contribution in [2.75, 3.05) is 19.0 Å². The van der Waals surface area contributed by atoms with Gasteiger partial charge in [0, 0.05) is 17.7 Å². The van der Waals surface area contributed by atoms with Crippen molar-refractivity contribution in [3.05, 3.63) is 47.7 Å². The van der Waals surface area contributed by atoms with Crippen molar-refractivity contribution in [3.8, 4) is 5.88 Å². The van der Waals surface area contributed by atoms with Crippen LogP contribution in [-0.4, -0.2) is 42.0 Å². The second-order valence-corrected chi connectivity index (χ2v) is 5.87. The lowest BCUT2D eigenvalue weighted by Gasteiger charge is -2.33. The van der Waals surface area contributed by atoms with Crippen molar-refractivity contribution >= 4 is 17.6 Å². The maximum Gasteiger partial charge on any atom is 0.283 e. The first-order chi connectivity index (χ1) is 13.4. The summed E-state index contributed by atoms with van der Waals surface area (Å²) in [6.07, 6.45) is -0.884. The van der Waals surface area contributed by atoms with E-state index in [1.54, 1.807) is 0 Å². The number of halogens is 3. The van der Waals surface area contributed by atoms with Crippen molar-refractivity contribution < 1.29 is 27.4 Å². The number of hydrogen-bond donors (Lipinski definition) is 2. The summed E-state index contributed by atoms with van der Waals surface area (Å²) in [4.78, 5) is 23.7. The summed E-state index contributed by atoms with van der Waals surface area (Å²) in [6.45, 7) is -0.142. The molecule has 0 aliphatic carbocycles. The fraction of sp³-hybridized carbons (Fsp3) is 0.294. The van der Waals surface area contributed by atoms with Crippen LogP contribution in [0.15, 0.2) is 35.6 Å². The van der Waals surface area contributed by atoms with E-state index < -0.39 is 35.3 Å². The maximum absolute atomic E-state index is 14.4. The van der Waals surface area contributed by atoms with Gasteiger partial charge in [-0.15, -0.1) is 0 Å². The third-order valence-corrected chi connectivity index (χ3v) is 4.16. The Morgan fingerprint density at radius 3 is 2.75 bits per heavy atom. The highest BCUT2D eigenvalue weighted by Gasteiger charge is 2.46. The van der Waals surface area contributed by atoms with E-state index in [1.807, 2.05) is 0 Å². The summed E-state index contributed by atoms with van der Waals surface area (Å²) in [5.74, 6) is -1.34. The molecular formula is C17H16F3N5O3. The standard InChI is InChI=1S/C17H16F3N5O3/c1-27-13-8-22-12(7-23-13)14(26)24-9-2-3-11(18)10(6-9)17(15(19)20)4-5-28-16(21)25-17/h2-3,6-8,15H,4-5H2,1H3,(H2,21,25)(H,24,26)/t17-/m0/s1. The molecule has 0 radical (unpaired) electrons. The molecule has 3 rings (SSSR count). The van der Waals surface area contributed by atoms with Crippen LogP contribution in [0.3, 0.4) is 0 Å². The van der Waals surface area contributed by atoms with E-state index in [9.17, 15) is 18.0 Å². The third kappa shape index (κ3) is 3.68. The van der Waals surface area contributed by atoms with E-state index in [1.165, 1.54) is 25.6 Å². The predicted octanol–water partition coefficient (Wildman–Crippen LogP) is 2.07. The average Bonchev–Trinajstić information content (AvgIpc) is 2.69. The highest BCUT2D eigenvalue weighted by Crippen LogP contribution is 2.40. The van der Waals surface area contributed by atoms with Gasteiger partial charge in [-0.25, -0.2) is 28.1 Å². The number of carbonyl (C=O) groups is 1. The lowest BCUT2D eigenvalue weighted by atomic mass is 9.86. The lowest BCUT2D eigenvalue weighted by molar-refractivity contribution is 0.0247. The second kappa shape index (κ2) is 7.71. The van der Waals surface area contributed by atoms with Gasteiger partial charge in [-0.1, -0.05) is 0 Å². The first kappa shape index (κ1) is 19.4. The van der Waals surface area contributed by atoms with Crippen molar-refractivity contribution in [2.24, 2.45) is 10.7 Å². The zero-order valence-electron chi connectivity index (χ0n) is 14.7. The van der Waals surface area contributed by atoms with Crippen LogP contribution in [0.25, 0.3) is 0 Å². The van der Waals surface area contributed by atoms with Crippen molar-refractivity contribution in [1.82, 2.24) is 9.97 Å². The minimum Gasteiger partial charge on any atom is -0.480 e. The lowest BCUT2D eigenvalue weighted by Crippen LogP contribution is -2.41. The molecule has 0 spiro atoms. The first-order valence-corrected chi connectivity index (χ1v) is 8.09. The van der Waals surface area contributed by atoms with Crippen LogP contribution < -0.4 is 15.8 Å². The number of rotatable bonds is 5. The Balaban J connectivity index is 1.92. The third-order valence-electron chi connectivity index (χ3n) is 4.16. The quantitative estimate of drug-likeness (QED) is 0.802. The number of aliphatic imine (C=N–C) groups is 1. The summed E-state index contributed by atoms with van der Waals surface area (Å²) in [5, 5.41) is 2.46. The zero-order chi connectivity index (χ0) is 20.3. The maximum atomic E-state index is 14.4. The molecule has 28 heavy (non-hydrogen) atoms. The summed E-state index contributed by atoms with van der Waals surface area (Å²) < 4.78 is 51.8. The molecule has 0 unspecified atom stereocenters. The van der Waals surface area contributed by atoms with Gasteiger partial charge < -0.3 is 20.5 Å². The topological polar surface area (TPSA) is 112 Å². The molecule has 0 bridgehead atoms. The average molecular weight is 395 g/mol. The molecule has 148 valence electrons. The van der Waals surface area contributed by atoms with E-state index in [-0.39, 0.29) is 30.3 Å². The van der Waals surface area contributed by atoms with E-state index in [2.05, 4.69) is 20.3 Å². The summed E-state index contributed by atoms with van der Waals surface area (Å²) in [5.41, 5.74) is 2.88. The van der Waals surface area contributed by atoms with Crippen molar-refractivity contribution in [3.63, 3.8) is 0 Å². The molecule has 2 aromatic rings. The highest BCUT2D eigenvalue weighted by atomic mass is 19.3. The highest BCUT2D eigenvalue weighted by molar-refractivity contribution is 6.02. The molecule has 3 N–H and O–H groups in total. The molecule has 1 amide bonds. The molecule has 1 aliphatic rings.